The first kappa shape index (κ1) is 14.3. The standard InChI is InChI=1S/C14H21N3O/c1-11-6-7-12(13(16)17-11)18-9-5-4-8-14(2,3)10-15/h6-7H,4-5,8-9H2,1-3H3,(H2,16,17). The molecule has 0 aromatic carbocycles. The highest BCUT2D eigenvalue weighted by Crippen LogP contribution is 2.22. The van der Waals surface area contributed by atoms with Crippen LogP contribution in [0.1, 0.15) is 38.8 Å². The molecule has 18 heavy (non-hydrogen) atoms. The smallest absolute Gasteiger partial charge is 0.166 e. The van der Waals surface area contributed by atoms with Gasteiger partial charge < -0.3 is 10.5 Å². The number of aryl methyl sites for hydroxylation is 1. The molecule has 1 aromatic rings. The second-order valence-electron chi connectivity index (χ2n) is 5.14. The summed E-state index contributed by atoms with van der Waals surface area (Å²) in [5, 5.41) is 8.88. The van der Waals surface area contributed by atoms with Crippen LogP contribution in [0.2, 0.25) is 0 Å². The Labute approximate surface area is 109 Å². The molecule has 1 rings (SSSR count). The van der Waals surface area contributed by atoms with E-state index >= 15 is 0 Å². The normalized spacial score (nSPS) is 11.0. The van der Waals surface area contributed by atoms with Crippen LogP contribution in [0.5, 0.6) is 5.75 Å². The van der Waals surface area contributed by atoms with Crippen molar-refractivity contribution < 1.29 is 4.74 Å². The molecule has 0 saturated heterocycles. The molecular weight excluding hydrogens is 226 g/mol. The van der Waals surface area contributed by atoms with Crippen molar-refractivity contribution in [2.45, 2.75) is 40.0 Å². The lowest BCUT2D eigenvalue weighted by molar-refractivity contribution is 0.295. The Morgan fingerprint density at radius 1 is 1.39 bits per heavy atom. The summed E-state index contributed by atoms with van der Waals surface area (Å²) in [6.45, 7) is 6.41. The van der Waals surface area contributed by atoms with Gasteiger partial charge in [0.05, 0.1) is 18.1 Å². The second-order valence-corrected chi connectivity index (χ2v) is 5.14. The van der Waals surface area contributed by atoms with Crippen molar-refractivity contribution in [2.75, 3.05) is 12.3 Å². The molecule has 0 aliphatic rings. The minimum atomic E-state index is -0.246. The zero-order valence-electron chi connectivity index (χ0n) is 11.4. The van der Waals surface area contributed by atoms with E-state index in [4.69, 9.17) is 15.7 Å². The molecule has 0 aliphatic heterocycles. The molecule has 0 fully saturated rings. The van der Waals surface area contributed by atoms with Crippen LogP contribution >= 0.6 is 0 Å². The van der Waals surface area contributed by atoms with Gasteiger partial charge in [-0.15, -0.1) is 0 Å². The monoisotopic (exact) mass is 247 g/mol. The molecule has 0 atom stereocenters. The first-order chi connectivity index (χ1) is 8.44. The summed E-state index contributed by atoms with van der Waals surface area (Å²) in [6, 6.07) is 6.02. The first-order valence-corrected chi connectivity index (χ1v) is 6.22. The average Bonchev–Trinajstić information content (AvgIpc) is 2.31. The number of hydrogen-bond acceptors (Lipinski definition) is 4. The average molecular weight is 247 g/mol. The van der Waals surface area contributed by atoms with E-state index in [1.807, 2.05) is 32.9 Å². The van der Waals surface area contributed by atoms with Crippen molar-refractivity contribution in [1.29, 1.82) is 5.26 Å². The van der Waals surface area contributed by atoms with Crippen molar-refractivity contribution in [3.8, 4) is 11.8 Å². The largest absolute Gasteiger partial charge is 0.490 e. The van der Waals surface area contributed by atoms with Crippen LogP contribution in [0.25, 0.3) is 0 Å². The SMILES string of the molecule is Cc1ccc(OCCCCC(C)(C)C#N)c(N)n1. The summed E-state index contributed by atoms with van der Waals surface area (Å²) < 4.78 is 5.57. The van der Waals surface area contributed by atoms with E-state index in [0.29, 0.717) is 18.2 Å². The van der Waals surface area contributed by atoms with Gasteiger partial charge in [0.15, 0.2) is 11.6 Å². The Morgan fingerprint density at radius 2 is 2.11 bits per heavy atom. The van der Waals surface area contributed by atoms with Gasteiger partial charge in [-0.1, -0.05) is 0 Å². The van der Waals surface area contributed by atoms with E-state index in [-0.39, 0.29) is 5.41 Å². The minimum absolute atomic E-state index is 0.246. The van der Waals surface area contributed by atoms with E-state index in [9.17, 15) is 0 Å². The van der Waals surface area contributed by atoms with E-state index in [2.05, 4.69) is 11.1 Å². The van der Waals surface area contributed by atoms with Gasteiger partial charge in [0.2, 0.25) is 0 Å². The van der Waals surface area contributed by atoms with Crippen molar-refractivity contribution in [3.05, 3.63) is 17.8 Å². The van der Waals surface area contributed by atoms with Crippen LogP contribution in [-0.4, -0.2) is 11.6 Å². The van der Waals surface area contributed by atoms with E-state index in [1.54, 1.807) is 0 Å². The Hall–Kier alpha value is -1.76. The van der Waals surface area contributed by atoms with Gasteiger partial charge in [0.25, 0.3) is 0 Å². The highest BCUT2D eigenvalue weighted by molar-refractivity contribution is 5.46. The number of nitrogens with two attached hydrogens (primary N) is 1. The number of aromatic nitrogens is 1. The van der Waals surface area contributed by atoms with Crippen molar-refractivity contribution in [3.63, 3.8) is 0 Å². The highest BCUT2D eigenvalue weighted by Gasteiger charge is 2.15. The number of pyridine rings is 1. The fourth-order valence-corrected chi connectivity index (χ4v) is 1.59. The third kappa shape index (κ3) is 4.62. The fourth-order valence-electron chi connectivity index (χ4n) is 1.59. The summed E-state index contributed by atoms with van der Waals surface area (Å²) in [5.74, 6) is 1.08. The molecule has 1 aromatic heterocycles. The maximum atomic E-state index is 8.88. The predicted octanol–water partition coefficient (Wildman–Crippen LogP) is 3.07. The quantitative estimate of drug-likeness (QED) is 0.784. The molecular formula is C14H21N3O. The van der Waals surface area contributed by atoms with Gasteiger partial charge in [-0.2, -0.15) is 5.26 Å². The van der Waals surface area contributed by atoms with Crippen LogP contribution in [0.3, 0.4) is 0 Å². The molecule has 0 bridgehead atoms. The van der Waals surface area contributed by atoms with E-state index in [1.165, 1.54) is 0 Å². The number of rotatable bonds is 6. The van der Waals surface area contributed by atoms with Gasteiger partial charge >= 0.3 is 0 Å². The molecule has 4 heteroatoms. The molecule has 0 aliphatic carbocycles. The zero-order valence-corrected chi connectivity index (χ0v) is 11.4. The van der Waals surface area contributed by atoms with Gasteiger partial charge in [-0.05, 0) is 52.2 Å². The summed E-state index contributed by atoms with van der Waals surface area (Å²) in [6.07, 6.45) is 2.77. The Bertz CT molecular complexity index is 435. The lowest BCUT2D eigenvalue weighted by atomic mass is 9.89. The fraction of sp³-hybridized carbons (Fsp3) is 0.571. The van der Waals surface area contributed by atoms with Gasteiger partial charge in [-0.25, -0.2) is 4.98 Å². The Balaban J connectivity index is 2.29. The third-order valence-electron chi connectivity index (χ3n) is 2.78. The molecule has 0 saturated carbocycles. The first-order valence-electron chi connectivity index (χ1n) is 6.22. The summed E-state index contributed by atoms with van der Waals surface area (Å²) >= 11 is 0. The molecule has 98 valence electrons. The highest BCUT2D eigenvalue weighted by atomic mass is 16.5. The van der Waals surface area contributed by atoms with Gasteiger partial charge in [-0.3, -0.25) is 0 Å². The van der Waals surface area contributed by atoms with Crippen molar-refractivity contribution >= 4 is 5.82 Å². The summed E-state index contributed by atoms with van der Waals surface area (Å²) in [5.41, 5.74) is 6.39. The zero-order chi connectivity index (χ0) is 13.6. The molecule has 0 spiro atoms. The Morgan fingerprint density at radius 3 is 2.72 bits per heavy atom. The van der Waals surface area contributed by atoms with Crippen molar-refractivity contribution in [1.82, 2.24) is 4.98 Å². The van der Waals surface area contributed by atoms with Crippen LogP contribution in [0.4, 0.5) is 5.82 Å². The van der Waals surface area contributed by atoms with Crippen LogP contribution in [0.15, 0.2) is 12.1 Å². The minimum Gasteiger partial charge on any atom is -0.490 e. The Kier molecular flexibility index (Phi) is 4.96. The lowest BCUT2D eigenvalue weighted by Crippen LogP contribution is -2.08. The maximum absolute atomic E-state index is 8.88. The van der Waals surface area contributed by atoms with Crippen LogP contribution in [0, 0.1) is 23.7 Å². The van der Waals surface area contributed by atoms with Crippen molar-refractivity contribution in [2.24, 2.45) is 5.41 Å². The van der Waals surface area contributed by atoms with Gasteiger partial charge in [0.1, 0.15) is 0 Å². The van der Waals surface area contributed by atoms with E-state index in [0.717, 1.165) is 25.0 Å². The van der Waals surface area contributed by atoms with Gasteiger partial charge in [0, 0.05) is 5.69 Å². The van der Waals surface area contributed by atoms with Crippen LogP contribution in [-0.2, 0) is 0 Å². The molecule has 4 nitrogen and oxygen atoms in total. The second kappa shape index (κ2) is 6.25. The number of unbranched alkanes of at least 4 members (excludes halogenated alkanes) is 1. The van der Waals surface area contributed by atoms with E-state index < -0.39 is 0 Å². The molecule has 1 heterocycles. The number of anilines is 1. The molecule has 0 amide bonds. The number of nitrogens with zero attached hydrogens (tertiary/aromatic N) is 2. The number of nitriles is 1. The number of ether oxygens (including phenoxy) is 1. The maximum Gasteiger partial charge on any atom is 0.166 e. The molecule has 0 unspecified atom stereocenters. The topological polar surface area (TPSA) is 71.9 Å². The number of hydrogen-bond donors (Lipinski definition) is 1. The summed E-state index contributed by atoms with van der Waals surface area (Å²) in [4.78, 5) is 4.13. The molecule has 0 radical (unpaired) electrons. The lowest BCUT2D eigenvalue weighted by Gasteiger charge is -2.14. The van der Waals surface area contributed by atoms with Crippen LogP contribution < -0.4 is 10.5 Å². The third-order valence-corrected chi connectivity index (χ3v) is 2.78. The number of nitrogen functional groups attached to an aromatic ring is 1. The summed E-state index contributed by atoms with van der Waals surface area (Å²) in [7, 11) is 0. The molecule has 2 N–H and O–H groups in total. The predicted molar refractivity (Wildman–Crippen MR) is 72.1 cm³/mol.